The maximum absolute atomic E-state index is 7.27. The zero-order valence-electron chi connectivity index (χ0n) is 6.61. The fraction of sp³-hybridized carbons (Fsp3) is 0.857. The average Bonchev–Trinajstić information content (AvgIpc) is 2.65. The summed E-state index contributed by atoms with van der Waals surface area (Å²) in [5, 5.41) is 7.27. The highest BCUT2D eigenvalue weighted by Crippen LogP contribution is 2.36. The maximum atomic E-state index is 7.27. The van der Waals surface area contributed by atoms with Gasteiger partial charge in [0.1, 0.15) is 6.10 Å². The molecule has 5 heteroatoms. The van der Waals surface area contributed by atoms with Crippen LogP contribution in [-0.4, -0.2) is 15.8 Å². The summed E-state index contributed by atoms with van der Waals surface area (Å²) in [5.41, 5.74) is 0. The molecular weight excluding hydrogens is 220 g/mol. The molecule has 0 radical (unpaired) electrons. The molecule has 2 nitrogen and oxygen atoms in total. The van der Waals surface area contributed by atoms with Gasteiger partial charge >= 0.3 is 0 Å². The molecule has 1 aliphatic rings. The Bertz CT molecular complexity index is 186. The highest BCUT2D eigenvalue weighted by Gasteiger charge is 2.35. The molecule has 0 amide bonds. The summed E-state index contributed by atoms with van der Waals surface area (Å²) in [5.74, 6) is 0.254. The molecule has 1 fully saturated rings. The Balaban J connectivity index is 2.34. The Morgan fingerprint density at radius 3 is 2.33 bits per heavy atom. The van der Waals surface area contributed by atoms with E-state index in [1.807, 2.05) is 6.92 Å². The van der Waals surface area contributed by atoms with Gasteiger partial charge in [0.15, 0.2) is 0 Å². The molecular formula is C7H10Cl3NO. The van der Waals surface area contributed by atoms with E-state index in [-0.39, 0.29) is 12.0 Å². The van der Waals surface area contributed by atoms with E-state index in [9.17, 15) is 0 Å². The predicted molar refractivity (Wildman–Crippen MR) is 51.3 cm³/mol. The van der Waals surface area contributed by atoms with Crippen LogP contribution in [0.5, 0.6) is 0 Å². The highest BCUT2D eigenvalue weighted by molar-refractivity contribution is 6.76. The van der Waals surface area contributed by atoms with Gasteiger partial charge in [-0.3, -0.25) is 5.41 Å². The molecule has 0 aliphatic heterocycles. The minimum atomic E-state index is -1.72. The van der Waals surface area contributed by atoms with Crippen molar-refractivity contribution in [1.29, 1.82) is 5.41 Å². The first-order chi connectivity index (χ1) is 5.41. The van der Waals surface area contributed by atoms with Gasteiger partial charge < -0.3 is 4.74 Å². The first kappa shape index (κ1) is 10.4. The van der Waals surface area contributed by atoms with E-state index < -0.39 is 3.79 Å². The summed E-state index contributed by atoms with van der Waals surface area (Å²) < 4.78 is 3.41. The van der Waals surface area contributed by atoms with E-state index in [0.717, 1.165) is 12.8 Å². The summed E-state index contributed by atoms with van der Waals surface area (Å²) in [6.07, 6.45) is 2.29. The van der Waals surface area contributed by atoms with Crippen LogP contribution in [0.1, 0.15) is 19.8 Å². The molecule has 70 valence electrons. The molecule has 0 aromatic heterocycles. The minimum Gasteiger partial charge on any atom is -0.475 e. The summed E-state index contributed by atoms with van der Waals surface area (Å²) >= 11 is 16.3. The molecule has 0 aromatic carbocycles. The molecule has 1 unspecified atom stereocenters. The van der Waals surface area contributed by atoms with Crippen LogP contribution in [-0.2, 0) is 4.74 Å². The van der Waals surface area contributed by atoms with Gasteiger partial charge in [0.05, 0.1) is 0 Å². The zero-order valence-corrected chi connectivity index (χ0v) is 8.88. The summed E-state index contributed by atoms with van der Waals surface area (Å²) in [6.45, 7) is 1.89. The molecule has 0 bridgehead atoms. The van der Waals surface area contributed by atoms with E-state index in [4.69, 9.17) is 44.9 Å². The monoisotopic (exact) mass is 229 g/mol. The van der Waals surface area contributed by atoms with Crippen molar-refractivity contribution in [2.24, 2.45) is 5.92 Å². The van der Waals surface area contributed by atoms with Crippen molar-refractivity contribution in [3.05, 3.63) is 0 Å². The number of ether oxygens (including phenoxy) is 1. The highest BCUT2D eigenvalue weighted by atomic mass is 35.6. The number of alkyl halides is 3. The lowest BCUT2D eigenvalue weighted by molar-refractivity contribution is 0.179. The van der Waals surface area contributed by atoms with Crippen LogP contribution in [0.4, 0.5) is 0 Å². The average molecular weight is 231 g/mol. The van der Waals surface area contributed by atoms with Gasteiger partial charge in [0.2, 0.25) is 5.90 Å². The second-order valence-electron chi connectivity index (χ2n) is 2.99. The molecule has 1 aliphatic carbocycles. The Labute approximate surface area is 86.6 Å². The van der Waals surface area contributed by atoms with Gasteiger partial charge in [-0.2, -0.15) is 0 Å². The number of halogens is 3. The first-order valence-corrected chi connectivity index (χ1v) is 4.87. The summed E-state index contributed by atoms with van der Waals surface area (Å²) in [7, 11) is 0. The second kappa shape index (κ2) is 3.60. The van der Waals surface area contributed by atoms with Crippen molar-refractivity contribution < 1.29 is 4.74 Å². The van der Waals surface area contributed by atoms with Crippen molar-refractivity contribution in [3.8, 4) is 0 Å². The van der Waals surface area contributed by atoms with Crippen molar-refractivity contribution in [1.82, 2.24) is 0 Å². The smallest absolute Gasteiger partial charge is 0.265 e. The van der Waals surface area contributed by atoms with Crippen LogP contribution < -0.4 is 0 Å². The van der Waals surface area contributed by atoms with Gasteiger partial charge in [0.25, 0.3) is 3.79 Å². The topological polar surface area (TPSA) is 33.1 Å². The Kier molecular flexibility index (Phi) is 3.13. The summed E-state index contributed by atoms with van der Waals surface area (Å²) in [6, 6.07) is 0. The van der Waals surface area contributed by atoms with Crippen molar-refractivity contribution in [3.63, 3.8) is 0 Å². The third kappa shape index (κ3) is 3.00. The van der Waals surface area contributed by atoms with E-state index in [0.29, 0.717) is 5.92 Å². The van der Waals surface area contributed by atoms with Crippen LogP contribution in [0.2, 0.25) is 0 Å². The van der Waals surface area contributed by atoms with Gasteiger partial charge in [-0.25, -0.2) is 0 Å². The van der Waals surface area contributed by atoms with Gasteiger partial charge in [0, 0.05) is 0 Å². The molecule has 12 heavy (non-hydrogen) atoms. The normalized spacial score (nSPS) is 20.3. The molecule has 1 saturated carbocycles. The van der Waals surface area contributed by atoms with Crippen LogP contribution in [0.15, 0.2) is 0 Å². The number of hydrogen-bond donors (Lipinski definition) is 1. The molecule has 1 N–H and O–H groups in total. The van der Waals surface area contributed by atoms with E-state index in [2.05, 4.69) is 0 Å². The largest absolute Gasteiger partial charge is 0.475 e. The van der Waals surface area contributed by atoms with Crippen LogP contribution in [0.3, 0.4) is 0 Å². The SMILES string of the molecule is CC(OC(=N)C(Cl)(Cl)Cl)C1CC1. The molecule has 0 saturated heterocycles. The van der Waals surface area contributed by atoms with Crippen molar-refractivity contribution in [2.45, 2.75) is 29.7 Å². The molecule has 0 heterocycles. The van der Waals surface area contributed by atoms with Crippen LogP contribution >= 0.6 is 34.8 Å². The fourth-order valence-electron chi connectivity index (χ4n) is 0.915. The van der Waals surface area contributed by atoms with E-state index in [1.54, 1.807) is 0 Å². The lowest BCUT2D eigenvalue weighted by Crippen LogP contribution is -2.26. The Morgan fingerprint density at radius 2 is 2.00 bits per heavy atom. The van der Waals surface area contributed by atoms with Crippen LogP contribution in [0, 0.1) is 11.3 Å². The van der Waals surface area contributed by atoms with Gasteiger partial charge in [-0.1, -0.05) is 34.8 Å². The third-order valence-electron chi connectivity index (χ3n) is 1.85. The zero-order chi connectivity index (χ0) is 9.35. The third-order valence-corrected chi connectivity index (χ3v) is 2.36. The second-order valence-corrected chi connectivity index (χ2v) is 5.27. The van der Waals surface area contributed by atoms with Crippen LogP contribution in [0.25, 0.3) is 0 Å². The molecule has 0 spiro atoms. The Morgan fingerprint density at radius 1 is 1.50 bits per heavy atom. The van der Waals surface area contributed by atoms with Crippen molar-refractivity contribution in [2.75, 3.05) is 0 Å². The predicted octanol–water partition coefficient (Wildman–Crippen LogP) is 3.15. The molecule has 1 rings (SSSR count). The fourth-order valence-corrected chi connectivity index (χ4v) is 1.05. The lowest BCUT2D eigenvalue weighted by Gasteiger charge is -2.18. The van der Waals surface area contributed by atoms with Crippen molar-refractivity contribution >= 4 is 40.7 Å². The standard InChI is InChI=1S/C7H10Cl3NO/c1-4(5-2-3-5)12-6(11)7(8,9)10/h4-5,11H,2-3H2,1H3. The first-order valence-electron chi connectivity index (χ1n) is 3.73. The molecule has 1 atom stereocenters. The minimum absolute atomic E-state index is 0.00637. The van der Waals surface area contributed by atoms with E-state index in [1.165, 1.54) is 0 Å². The summed E-state index contributed by atoms with van der Waals surface area (Å²) in [4.78, 5) is 0. The number of hydrogen-bond acceptors (Lipinski definition) is 2. The number of rotatable bonds is 2. The molecule has 0 aromatic rings. The van der Waals surface area contributed by atoms with Gasteiger partial charge in [-0.05, 0) is 25.7 Å². The lowest BCUT2D eigenvalue weighted by atomic mass is 10.3. The maximum Gasteiger partial charge on any atom is 0.265 e. The van der Waals surface area contributed by atoms with E-state index >= 15 is 0 Å². The Hall–Kier alpha value is 0.340. The quantitative estimate of drug-likeness (QED) is 0.441. The number of nitrogens with one attached hydrogen (secondary N) is 1. The van der Waals surface area contributed by atoms with Gasteiger partial charge in [-0.15, -0.1) is 0 Å².